The van der Waals surface area contributed by atoms with E-state index in [0.717, 1.165) is 5.56 Å². The van der Waals surface area contributed by atoms with Crippen LogP contribution in [0.4, 0.5) is 5.82 Å². The summed E-state index contributed by atoms with van der Waals surface area (Å²) in [6, 6.07) is 9.31. The van der Waals surface area contributed by atoms with Gasteiger partial charge in [-0.1, -0.05) is 30.3 Å². The zero-order valence-corrected chi connectivity index (χ0v) is 9.38. The standard InChI is InChI=1S/C12H13N3O2/c1-2-15-10(13)9(12(16)17)14-11(15)8-6-4-3-5-7-8/h3-7H,2,13H2,1H3,(H,16,17)/p-1. The van der Waals surface area contributed by atoms with E-state index in [2.05, 4.69) is 4.98 Å². The number of nitrogen functional groups attached to an aromatic ring is 1. The molecule has 0 radical (unpaired) electrons. The Morgan fingerprint density at radius 3 is 2.59 bits per heavy atom. The lowest BCUT2D eigenvalue weighted by molar-refractivity contribution is -0.255. The summed E-state index contributed by atoms with van der Waals surface area (Å²) in [5.41, 5.74) is 6.36. The van der Waals surface area contributed by atoms with Crippen molar-refractivity contribution in [3.63, 3.8) is 0 Å². The van der Waals surface area contributed by atoms with Crippen LogP contribution in [0.5, 0.6) is 0 Å². The Labute approximate surface area is 98.5 Å². The summed E-state index contributed by atoms with van der Waals surface area (Å²) >= 11 is 0. The van der Waals surface area contributed by atoms with Gasteiger partial charge in [-0.3, -0.25) is 0 Å². The van der Waals surface area contributed by atoms with Crippen molar-refractivity contribution in [2.45, 2.75) is 13.5 Å². The quantitative estimate of drug-likeness (QED) is 0.832. The third kappa shape index (κ3) is 1.87. The molecule has 0 atom stereocenters. The van der Waals surface area contributed by atoms with E-state index in [1.54, 1.807) is 4.57 Å². The molecule has 0 aliphatic heterocycles. The smallest absolute Gasteiger partial charge is 0.142 e. The predicted octanol–water partition coefficient (Wildman–Crippen LogP) is 0.516. The molecule has 0 spiro atoms. The number of carboxylic acid groups (broad SMARTS) is 1. The molecule has 0 bridgehead atoms. The summed E-state index contributed by atoms with van der Waals surface area (Å²) in [4.78, 5) is 14.9. The molecule has 0 unspecified atom stereocenters. The van der Waals surface area contributed by atoms with Crippen LogP contribution in [-0.4, -0.2) is 15.5 Å². The molecule has 2 rings (SSSR count). The Bertz CT molecular complexity index is 546. The Balaban J connectivity index is 2.62. The van der Waals surface area contributed by atoms with Gasteiger partial charge in [0.15, 0.2) is 0 Å². The number of rotatable bonds is 3. The maximum Gasteiger partial charge on any atom is 0.142 e. The molecule has 17 heavy (non-hydrogen) atoms. The van der Waals surface area contributed by atoms with E-state index in [-0.39, 0.29) is 11.5 Å². The SMILES string of the molecule is CCn1c(-c2ccccc2)nc(C(=O)[O-])c1N. The minimum Gasteiger partial charge on any atom is -0.543 e. The van der Waals surface area contributed by atoms with E-state index < -0.39 is 5.97 Å². The number of hydrogen-bond donors (Lipinski definition) is 1. The zero-order chi connectivity index (χ0) is 12.4. The third-order valence-electron chi connectivity index (χ3n) is 2.55. The second kappa shape index (κ2) is 4.29. The first-order valence-electron chi connectivity index (χ1n) is 5.28. The highest BCUT2D eigenvalue weighted by Gasteiger charge is 2.15. The van der Waals surface area contributed by atoms with Crippen molar-refractivity contribution in [1.82, 2.24) is 9.55 Å². The molecule has 1 heterocycles. The van der Waals surface area contributed by atoms with Gasteiger partial charge in [-0.05, 0) is 6.92 Å². The van der Waals surface area contributed by atoms with E-state index in [0.29, 0.717) is 12.4 Å². The number of benzene rings is 1. The molecule has 1 aromatic heterocycles. The molecule has 0 amide bonds. The fourth-order valence-corrected chi connectivity index (χ4v) is 1.74. The summed E-state index contributed by atoms with van der Waals surface area (Å²) in [5.74, 6) is -0.678. The van der Waals surface area contributed by atoms with E-state index in [1.807, 2.05) is 37.3 Å². The minimum atomic E-state index is -1.35. The monoisotopic (exact) mass is 230 g/mol. The number of imidazole rings is 1. The van der Waals surface area contributed by atoms with Gasteiger partial charge in [-0.25, -0.2) is 4.98 Å². The highest BCUT2D eigenvalue weighted by Crippen LogP contribution is 2.23. The first kappa shape index (κ1) is 11.2. The van der Waals surface area contributed by atoms with Crippen molar-refractivity contribution in [1.29, 1.82) is 0 Å². The van der Waals surface area contributed by atoms with Crippen LogP contribution in [-0.2, 0) is 6.54 Å². The van der Waals surface area contributed by atoms with Gasteiger partial charge in [0.2, 0.25) is 0 Å². The molecule has 5 heteroatoms. The van der Waals surface area contributed by atoms with Gasteiger partial charge in [-0.2, -0.15) is 0 Å². The fraction of sp³-hybridized carbons (Fsp3) is 0.167. The van der Waals surface area contributed by atoms with Gasteiger partial charge in [0, 0.05) is 12.1 Å². The van der Waals surface area contributed by atoms with Gasteiger partial charge < -0.3 is 20.2 Å². The van der Waals surface area contributed by atoms with Gasteiger partial charge in [0.25, 0.3) is 0 Å². The van der Waals surface area contributed by atoms with Gasteiger partial charge in [0.1, 0.15) is 17.3 Å². The fourth-order valence-electron chi connectivity index (χ4n) is 1.74. The maximum absolute atomic E-state index is 10.9. The van der Waals surface area contributed by atoms with Crippen molar-refractivity contribution >= 4 is 11.8 Å². The van der Waals surface area contributed by atoms with Gasteiger partial charge in [-0.15, -0.1) is 0 Å². The van der Waals surface area contributed by atoms with Crippen molar-refractivity contribution in [2.75, 3.05) is 5.73 Å². The number of nitrogens with zero attached hydrogens (tertiary/aromatic N) is 2. The number of nitrogens with two attached hydrogens (primary N) is 1. The molecule has 2 aromatic rings. The van der Waals surface area contributed by atoms with Crippen LogP contribution in [0.2, 0.25) is 0 Å². The van der Waals surface area contributed by atoms with Gasteiger partial charge in [0.05, 0.1) is 5.97 Å². The normalized spacial score (nSPS) is 10.4. The second-order valence-electron chi connectivity index (χ2n) is 3.57. The Morgan fingerprint density at radius 1 is 1.41 bits per heavy atom. The molecule has 0 saturated carbocycles. The number of carbonyl (C=O) groups excluding carboxylic acids is 1. The summed E-state index contributed by atoms with van der Waals surface area (Å²) in [5, 5.41) is 10.9. The number of carbonyl (C=O) groups is 1. The first-order valence-corrected chi connectivity index (χ1v) is 5.28. The number of hydrogen-bond acceptors (Lipinski definition) is 4. The average molecular weight is 230 g/mol. The third-order valence-corrected chi connectivity index (χ3v) is 2.55. The van der Waals surface area contributed by atoms with Gasteiger partial charge >= 0.3 is 0 Å². The van der Waals surface area contributed by atoms with Crippen molar-refractivity contribution in [3.05, 3.63) is 36.0 Å². The first-order chi connectivity index (χ1) is 8.15. The van der Waals surface area contributed by atoms with Crippen molar-refractivity contribution in [2.24, 2.45) is 0 Å². The molecule has 0 fully saturated rings. The lowest BCUT2D eigenvalue weighted by atomic mass is 10.2. The van der Waals surface area contributed by atoms with Crippen molar-refractivity contribution in [3.8, 4) is 11.4 Å². The maximum atomic E-state index is 10.9. The van der Waals surface area contributed by atoms with Crippen LogP contribution in [0.1, 0.15) is 17.4 Å². The summed E-state index contributed by atoms with van der Waals surface area (Å²) in [7, 11) is 0. The van der Waals surface area contributed by atoms with Crippen LogP contribution in [0.25, 0.3) is 11.4 Å². The Hall–Kier alpha value is -2.30. The second-order valence-corrected chi connectivity index (χ2v) is 3.57. The highest BCUT2D eigenvalue weighted by atomic mass is 16.4. The molecular weight excluding hydrogens is 218 g/mol. The Morgan fingerprint density at radius 2 is 2.06 bits per heavy atom. The van der Waals surface area contributed by atoms with Crippen LogP contribution in [0.3, 0.4) is 0 Å². The van der Waals surface area contributed by atoms with Crippen LogP contribution < -0.4 is 10.8 Å². The van der Waals surface area contributed by atoms with E-state index in [9.17, 15) is 9.90 Å². The lowest BCUT2D eigenvalue weighted by Gasteiger charge is -2.06. The molecule has 5 nitrogen and oxygen atoms in total. The van der Waals surface area contributed by atoms with Crippen molar-refractivity contribution < 1.29 is 9.90 Å². The van der Waals surface area contributed by atoms with Crippen LogP contribution in [0, 0.1) is 0 Å². The molecule has 88 valence electrons. The average Bonchev–Trinajstić information content (AvgIpc) is 2.67. The minimum absolute atomic E-state index is 0.131. The van der Waals surface area contributed by atoms with Crippen LogP contribution in [0.15, 0.2) is 30.3 Å². The number of carboxylic acids is 1. The predicted molar refractivity (Wildman–Crippen MR) is 62.1 cm³/mol. The summed E-state index contributed by atoms with van der Waals surface area (Å²) < 4.78 is 1.65. The Kier molecular flexibility index (Phi) is 2.82. The number of aromatic nitrogens is 2. The zero-order valence-electron chi connectivity index (χ0n) is 9.38. The molecule has 0 aliphatic carbocycles. The largest absolute Gasteiger partial charge is 0.543 e. The van der Waals surface area contributed by atoms with E-state index in [4.69, 9.17) is 5.73 Å². The summed E-state index contributed by atoms with van der Waals surface area (Å²) in [6.45, 7) is 2.43. The topological polar surface area (TPSA) is 84.0 Å². The molecular formula is C12H12N3O2-. The number of anilines is 1. The van der Waals surface area contributed by atoms with Crippen LogP contribution >= 0.6 is 0 Å². The van der Waals surface area contributed by atoms with E-state index in [1.165, 1.54) is 0 Å². The summed E-state index contributed by atoms with van der Waals surface area (Å²) in [6.07, 6.45) is 0. The molecule has 0 saturated heterocycles. The molecule has 0 aliphatic rings. The lowest BCUT2D eigenvalue weighted by Crippen LogP contribution is -2.24. The number of aromatic carboxylic acids is 1. The molecule has 2 N–H and O–H groups in total. The van der Waals surface area contributed by atoms with E-state index >= 15 is 0 Å². The highest BCUT2D eigenvalue weighted by molar-refractivity contribution is 5.90. The molecule has 1 aromatic carbocycles.